The number of aromatic nitrogens is 2. The van der Waals surface area contributed by atoms with Crippen LogP contribution < -0.4 is 14.8 Å². The maximum Gasteiger partial charge on any atom is 0.258 e. The molecular weight excluding hydrogens is 318 g/mol. The van der Waals surface area contributed by atoms with E-state index in [1.807, 2.05) is 54.8 Å². The third-order valence-corrected chi connectivity index (χ3v) is 3.70. The Hall–Kier alpha value is -3.02. The van der Waals surface area contributed by atoms with Gasteiger partial charge in [-0.25, -0.2) is 4.98 Å². The molecule has 6 heteroatoms. The lowest BCUT2D eigenvalue weighted by Gasteiger charge is -2.15. The largest absolute Gasteiger partial charge is 0.497 e. The summed E-state index contributed by atoms with van der Waals surface area (Å²) in [7, 11) is 1.60. The highest BCUT2D eigenvalue weighted by Crippen LogP contribution is 2.33. The summed E-state index contributed by atoms with van der Waals surface area (Å²) >= 11 is 0. The topological polar surface area (TPSA) is 64.9 Å². The highest BCUT2D eigenvalue weighted by atomic mass is 16.5. The fourth-order valence-electron chi connectivity index (χ4n) is 2.63. The molecular formula is C19H21N3O3. The van der Waals surface area contributed by atoms with Gasteiger partial charge in [0.15, 0.2) is 6.61 Å². The second kappa shape index (κ2) is 7.25. The average molecular weight is 339 g/mol. The normalized spacial score (nSPS) is 10.9. The molecule has 1 N–H and O–H groups in total. The van der Waals surface area contributed by atoms with Gasteiger partial charge in [0.2, 0.25) is 0 Å². The third kappa shape index (κ3) is 3.74. The molecule has 0 saturated carbocycles. The van der Waals surface area contributed by atoms with E-state index in [4.69, 9.17) is 9.47 Å². The van der Waals surface area contributed by atoms with Crippen LogP contribution in [-0.4, -0.2) is 35.1 Å². The van der Waals surface area contributed by atoms with Crippen molar-refractivity contribution in [1.82, 2.24) is 14.7 Å². The number of rotatable bonds is 6. The van der Waals surface area contributed by atoms with E-state index in [1.54, 1.807) is 19.4 Å². The van der Waals surface area contributed by atoms with Crippen LogP contribution in [-0.2, 0) is 4.79 Å². The standard InChI is InChI=1S/C19H21N3O3/c1-13(2)21-19(23)12-25-17-11-14(24-3)7-8-15(17)16-5-4-6-18-20-9-10-22(16)18/h4-11,13H,12H2,1-3H3,(H,21,23). The number of nitrogens with one attached hydrogen (secondary N) is 1. The molecule has 0 fully saturated rings. The predicted molar refractivity (Wildman–Crippen MR) is 96.0 cm³/mol. The average Bonchev–Trinajstić information content (AvgIpc) is 3.08. The lowest BCUT2D eigenvalue weighted by Crippen LogP contribution is -2.34. The summed E-state index contributed by atoms with van der Waals surface area (Å²) in [5.74, 6) is 1.09. The van der Waals surface area contributed by atoms with Crippen LogP contribution in [0.4, 0.5) is 0 Å². The molecule has 0 spiro atoms. The van der Waals surface area contributed by atoms with Crippen molar-refractivity contribution in [3.63, 3.8) is 0 Å². The number of ether oxygens (including phenoxy) is 2. The zero-order chi connectivity index (χ0) is 17.8. The first-order valence-electron chi connectivity index (χ1n) is 8.11. The molecule has 130 valence electrons. The highest BCUT2D eigenvalue weighted by Gasteiger charge is 2.13. The van der Waals surface area contributed by atoms with Gasteiger partial charge in [0.25, 0.3) is 5.91 Å². The van der Waals surface area contributed by atoms with Crippen LogP contribution in [0.3, 0.4) is 0 Å². The van der Waals surface area contributed by atoms with Crippen LogP contribution in [0.25, 0.3) is 16.9 Å². The van der Waals surface area contributed by atoms with Crippen molar-refractivity contribution in [2.75, 3.05) is 13.7 Å². The SMILES string of the molecule is COc1ccc(-c2cccc3nccn23)c(OCC(=O)NC(C)C)c1. The molecule has 0 unspecified atom stereocenters. The number of carbonyl (C=O) groups is 1. The van der Waals surface area contributed by atoms with Gasteiger partial charge < -0.3 is 14.8 Å². The maximum absolute atomic E-state index is 11.9. The van der Waals surface area contributed by atoms with E-state index in [2.05, 4.69) is 10.3 Å². The molecule has 1 aromatic carbocycles. The molecule has 2 heterocycles. The number of carbonyl (C=O) groups excluding carboxylic acids is 1. The van der Waals surface area contributed by atoms with Gasteiger partial charge in [-0.05, 0) is 38.1 Å². The van der Waals surface area contributed by atoms with Crippen LogP contribution in [0.15, 0.2) is 48.8 Å². The molecule has 1 amide bonds. The number of fused-ring (bicyclic) bond motifs is 1. The van der Waals surface area contributed by atoms with Gasteiger partial charge in [0.05, 0.1) is 12.8 Å². The Morgan fingerprint density at radius 1 is 1.28 bits per heavy atom. The third-order valence-electron chi connectivity index (χ3n) is 3.70. The van der Waals surface area contributed by atoms with Crippen LogP contribution >= 0.6 is 0 Å². The van der Waals surface area contributed by atoms with Crippen LogP contribution in [0.2, 0.25) is 0 Å². The summed E-state index contributed by atoms with van der Waals surface area (Å²) in [6.45, 7) is 3.77. The van der Waals surface area contributed by atoms with Crippen molar-refractivity contribution in [3.05, 3.63) is 48.8 Å². The minimum absolute atomic E-state index is 0.0573. The summed E-state index contributed by atoms with van der Waals surface area (Å²) in [5.41, 5.74) is 2.63. The monoisotopic (exact) mass is 339 g/mol. The van der Waals surface area contributed by atoms with Gasteiger partial charge in [-0.2, -0.15) is 0 Å². The summed E-state index contributed by atoms with van der Waals surface area (Å²) in [4.78, 5) is 16.2. The molecule has 0 bridgehead atoms. The van der Waals surface area contributed by atoms with E-state index in [-0.39, 0.29) is 18.6 Å². The minimum Gasteiger partial charge on any atom is -0.497 e. The van der Waals surface area contributed by atoms with E-state index in [0.29, 0.717) is 11.5 Å². The summed E-state index contributed by atoms with van der Waals surface area (Å²) in [6.07, 6.45) is 3.64. The Kier molecular flexibility index (Phi) is 4.88. The van der Waals surface area contributed by atoms with Gasteiger partial charge in [0, 0.05) is 30.1 Å². The van der Waals surface area contributed by atoms with Crippen molar-refractivity contribution in [2.24, 2.45) is 0 Å². The molecule has 0 aliphatic heterocycles. The van der Waals surface area contributed by atoms with E-state index < -0.39 is 0 Å². The number of imidazole rings is 1. The first-order chi connectivity index (χ1) is 12.1. The van der Waals surface area contributed by atoms with Gasteiger partial charge >= 0.3 is 0 Å². The van der Waals surface area contributed by atoms with Crippen LogP contribution in [0.1, 0.15) is 13.8 Å². The Morgan fingerprint density at radius 2 is 2.12 bits per heavy atom. The Bertz CT molecular complexity index is 887. The molecule has 0 radical (unpaired) electrons. The van der Waals surface area contributed by atoms with E-state index in [9.17, 15) is 4.79 Å². The minimum atomic E-state index is -0.162. The van der Waals surface area contributed by atoms with Crippen molar-refractivity contribution in [3.8, 4) is 22.8 Å². The number of pyridine rings is 1. The van der Waals surface area contributed by atoms with Crippen LogP contribution in [0, 0.1) is 0 Å². The van der Waals surface area contributed by atoms with Crippen molar-refractivity contribution >= 4 is 11.6 Å². The second-order valence-electron chi connectivity index (χ2n) is 5.94. The second-order valence-corrected chi connectivity index (χ2v) is 5.94. The number of methoxy groups -OCH3 is 1. The fourth-order valence-corrected chi connectivity index (χ4v) is 2.63. The molecule has 25 heavy (non-hydrogen) atoms. The van der Waals surface area contributed by atoms with E-state index >= 15 is 0 Å². The maximum atomic E-state index is 11.9. The Labute approximate surface area is 146 Å². The number of hydrogen-bond acceptors (Lipinski definition) is 4. The highest BCUT2D eigenvalue weighted by molar-refractivity contribution is 5.78. The molecule has 6 nitrogen and oxygen atoms in total. The molecule has 0 saturated heterocycles. The number of amides is 1. The molecule has 0 atom stereocenters. The summed E-state index contributed by atoms with van der Waals surface area (Å²) in [5, 5.41) is 2.82. The lowest BCUT2D eigenvalue weighted by molar-refractivity contribution is -0.123. The molecule has 0 aliphatic carbocycles. The molecule has 2 aromatic heterocycles. The Balaban J connectivity index is 1.96. The van der Waals surface area contributed by atoms with Crippen molar-refractivity contribution < 1.29 is 14.3 Å². The molecule has 3 rings (SSSR count). The van der Waals surface area contributed by atoms with E-state index in [0.717, 1.165) is 16.9 Å². The van der Waals surface area contributed by atoms with Crippen molar-refractivity contribution in [1.29, 1.82) is 0 Å². The summed E-state index contributed by atoms with van der Waals surface area (Å²) < 4.78 is 13.1. The first-order valence-corrected chi connectivity index (χ1v) is 8.11. The summed E-state index contributed by atoms with van der Waals surface area (Å²) in [6, 6.07) is 11.5. The van der Waals surface area contributed by atoms with Gasteiger partial charge in [-0.1, -0.05) is 6.07 Å². The van der Waals surface area contributed by atoms with E-state index in [1.165, 1.54) is 0 Å². The zero-order valence-electron chi connectivity index (χ0n) is 14.5. The van der Waals surface area contributed by atoms with Gasteiger partial charge in [0.1, 0.15) is 17.1 Å². The number of nitrogens with zero attached hydrogens (tertiary/aromatic N) is 2. The lowest BCUT2D eigenvalue weighted by atomic mass is 10.1. The Morgan fingerprint density at radius 3 is 2.88 bits per heavy atom. The molecule has 0 aliphatic rings. The smallest absolute Gasteiger partial charge is 0.258 e. The fraction of sp³-hybridized carbons (Fsp3) is 0.263. The zero-order valence-corrected chi connectivity index (χ0v) is 14.5. The quantitative estimate of drug-likeness (QED) is 0.750. The van der Waals surface area contributed by atoms with Gasteiger partial charge in [-0.3, -0.25) is 9.20 Å². The van der Waals surface area contributed by atoms with Crippen molar-refractivity contribution in [2.45, 2.75) is 19.9 Å². The predicted octanol–water partition coefficient (Wildman–Crippen LogP) is 2.91. The number of benzene rings is 1. The number of hydrogen-bond donors (Lipinski definition) is 1. The first kappa shape index (κ1) is 16.8. The molecule has 3 aromatic rings. The van der Waals surface area contributed by atoms with Gasteiger partial charge in [-0.15, -0.1) is 0 Å². The van der Waals surface area contributed by atoms with Crippen LogP contribution in [0.5, 0.6) is 11.5 Å².